The van der Waals surface area contributed by atoms with E-state index in [0.717, 1.165) is 38.5 Å². The first kappa shape index (κ1) is 14.1. The van der Waals surface area contributed by atoms with Crippen molar-refractivity contribution in [2.45, 2.75) is 69.2 Å². The van der Waals surface area contributed by atoms with Gasteiger partial charge in [-0.3, -0.25) is 4.79 Å². The lowest BCUT2D eigenvalue weighted by Gasteiger charge is -2.29. The fraction of sp³-hybridized carbons (Fsp3) is 0.923. The average Bonchev–Trinajstić information content (AvgIpc) is 2.90. The number of halogens is 1. The fourth-order valence-corrected chi connectivity index (χ4v) is 3.72. The molecule has 2 bridgehead atoms. The van der Waals surface area contributed by atoms with Crippen LogP contribution < -0.4 is 10.6 Å². The normalized spacial score (nSPS) is 42.4. The van der Waals surface area contributed by atoms with Crippen LogP contribution in [-0.2, 0) is 4.79 Å². The number of aliphatic hydroxyl groups is 1. The second-order valence-corrected chi connectivity index (χ2v) is 5.92. The van der Waals surface area contributed by atoms with Crippen molar-refractivity contribution in [2.24, 2.45) is 5.92 Å². The van der Waals surface area contributed by atoms with Crippen molar-refractivity contribution in [2.75, 3.05) is 0 Å². The number of hydrogen-bond acceptors (Lipinski definition) is 3. The molecule has 1 aliphatic carbocycles. The quantitative estimate of drug-likeness (QED) is 0.703. The lowest BCUT2D eigenvalue weighted by atomic mass is 9.87. The van der Waals surface area contributed by atoms with Crippen molar-refractivity contribution in [3.05, 3.63) is 0 Å². The second kappa shape index (κ2) is 5.76. The topological polar surface area (TPSA) is 61.4 Å². The van der Waals surface area contributed by atoms with Crippen molar-refractivity contribution >= 4 is 18.3 Å². The third kappa shape index (κ3) is 2.81. The van der Waals surface area contributed by atoms with Gasteiger partial charge >= 0.3 is 0 Å². The summed E-state index contributed by atoms with van der Waals surface area (Å²) in [5.74, 6) is 0.386. The van der Waals surface area contributed by atoms with E-state index in [1.54, 1.807) is 0 Å². The van der Waals surface area contributed by atoms with Crippen LogP contribution in [0.3, 0.4) is 0 Å². The molecule has 2 saturated heterocycles. The van der Waals surface area contributed by atoms with Gasteiger partial charge < -0.3 is 15.7 Å². The van der Waals surface area contributed by atoms with Crippen LogP contribution in [-0.4, -0.2) is 35.2 Å². The molecule has 1 saturated carbocycles. The molecule has 3 N–H and O–H groups in total. The number of aliphatic hydroxyl groups excluding tert-OH is 1. The molecule has 0 aromatic rings. The Hall–Kier alpha value is -0.320. The number of rotatable bonds is 2. The molecule has 5 atom stereocenters. The smallest absolute Gasteiger partial charge is 0.224 e. The minimum absolute atomic E-state index is 0. The van der Waals surface area contributed by atoms with Gasteiger partial charge in [0.05, 0.1) is 12.0 Å². The molecule has 3 rings (SSSR count). The van der Waals surface area contributed by atoms with Gasteiger partial charge in [0.15, 0.2) is 0 Å². The maximum atomic E-state index is 12.2. The third-order valence-electron chi connectivity index (χ3n) is 4.63. The lowest BCUT2D eigenvalue weighted by Crippen LogP contribution is -2.45. The predicted molar refractivity (Wildman–Crippen MR) is 71.7 cm³/mol. The number of fused-ring (bicyclic) bond motifs is 2. The molecule has 5 unspecified atom stereocenters. The maximum absolute atomic E-state index is 12.2. The van der Waals surface area contributed by atoms with Crippen molar-refractivity contribution in [3.8, 4) is 0 Å². The van der Waals surface area contributed by atoms with Gasteiger partial charge in [0, 0.05) is 18.1 Å². The minimum atomic E-state index is -0.216. The Morgan fingerprint density at radius 2 is 2.00 bits per heavy atom. The van der Waals surface area contributed by atoms with Gasteiger partial charge in [0.25, 0.3) is 0 Å². The molecule has 0 aromatic heterocycles. The zero-order valence-electron chi connectivity index (χ0n) is 10.6. The molecular weight excluding hydrogens is 252 g/mol. The molecule has 2 heterocycles. The molecular formula is C13H23ClN2O2. The van der Waals surface area contributed by atoms with Crippen molar-refractivity contribution in [1.82, 2.24) is 10.6 Å². The largest absolute Gasteiger partial charge is 0.393 e. The van der Waals surface area contributed by atoms with Gasteiger partial charge in [-0.05, 0) is 44.9 Å². The highest BCUT2D eigenvalue weighted by Gasteiger charge is 2.43. The number of carbonyl (C=O) groups excluding carboxylic acids is 1. The summed E-state index contributed by atoms with van der Waals surface area (Å²) in [7, 11) is 0. The summed E-state index contributed by atoms with van der Waals surface area (Å²) < 4.78 is 0. The maximum Gasteiger partial charge on any atom is 0.224 e. The van der Waals surface area contributed by atoms with Crippen LogP contribution in [0.2, 0.25) is 0 Å². The third-order valence-corrected chi connectivity index (χ3v) is 4.63. The van der Waals surface area contributed by atoms with E-state index in [4.69, 9.17) is 0 Å². The number of amides is 1. The van der Waals surface area contributed by atoms with E-state index in [9.17, 15) is 9.90 Å². The molecule has 0 aromatic carbocycles. The van der Waals surface area contributed by atoms with Gasteiger partial charge in [-0.2, -0.15) is 0 Å². The van der Waals surface area contributed by atoms with Crippen LogP contribution in [0.1, 0.15) is 44.9 Å². The lowest BCUT2D eigenvalue weighted by molar-refractivity contribution is -0.126. The molecule has 2 aliphatic heterocycles. The van der Waals surface area contributed by atoms with E-state index < -0.39 is 0 Å². The van der Waals surface area contributed by atoms with E-state index in [1.807, 2.05) is 0 Å². The van der Waals surface area contributed by atoms with Gasteiger partial charge in [0.2, 0.25) is 5.91 Å². The first-order valence-electron chi connectivity index (χ1n) is 6.97. The summed E-state index contributed by atoms with van der Waals surface area (Å²) in [6, 6.07) is 1.19. The van der Waals surface area contributed by atoms with E-state index in [1.165, 1.54) is 6.42 Å². The van der Waals surface area contributed by atoms with E-state index in [0.29, 0.717) is 12.1 Å². The molecule has 18 heavy (non-hydrogen) atoms. The highest BCUT2D eigenvalue weighted by atomic mass is 35.5. The zero-order valence-corrected chi connectivity index (χ0v) is 11.4. The summed E-state index contributed by atoms with van der Waals surface area (Å²) in [5, 5.41) is 16.2. The summed E-state index contributed by atoms with van der Waals surface area (Å²) >= 11 is 0. The van der Waals surface area contributed by atoms with Crippen LogP contribution in [0.4, 0.5) is 0 Å². The fourth-order valence-electron chi connectivity index (χ4n) is 3.72. The molecule has 1 amide bonds. The van der Waals surface area contributed by atoms with Crippen molar-refractivity contribution < 1.29 is 9.90 Å². The molecule has 3 fully saturated rings. The summed E-state index contributed by atoms with van der Waals surface area (Å²) in [4.78, 5) is 12.2. The van der Waals surface area contributed by atoms with Gasteiger partial charge in [0.1, 0.15) is 0 Å². The van der Waals surface area contributed by atoms with E-state index >= 15 is 0 Å². The summed E-state index contributed by atoms with van der Waals surface area (Å²) in [5.41, 5.74) is 0. The SMILES string of the molecule is Cl.O=C(NC1CCCC(O)C1)C1CC2CCC1N2. The number of hydrogen-bond donors (Lipinski definition) is 3. The van der Waals surface area contributed by atoms with Crippen LogP contribution in [0, 0.1) is 5.92 Å². The van der Waals surface area contributed by atoms with E-state index in [-0.39, 0.29) is 36.4 Å². The van der Waals surface area contributed by atoms with E-state index in [2.05, 4.69) is 10.6 Å². The molecule has 104 valence electrons. The Kier molecular flexibility index (Phi) is 4.51. The first-order valence-corrected chi connectivity index (χ1v) is 6.97. The summed E-state index contributed by atoms with van der Waals surface area (Å²) in [6.45, 7) is 0. The molecule has 3 aliphatic rings. The molecule has 0 radical (unpaired) electrons. The monoisotopic (exact) mass is 274 g/mol. The van der Waals surface area contributed by atoms with Crippen molar-refractivity contribution in [1.29, 1.82) is 0 Å². The first-order chi connectivity index (χ1) is 8.22. The van der Waals surface area contributed by atoms with Gasteiger partial charge in [-0.1, -0.05) is 0 Å². The highest BCUT2D eigenvalue weighted by Crippen LogP contribution is 2.33. The Morgan fingerprint density at radius 1 is 1.17 bits per heavy atom. The Bertz CT molecular complexity index is 313. The Morgan fingerprint density at radius 3 is 2.61 bits per heavy atom. The second-order valence-electron chi connectivity index (χ2n) is 5.92. The number of carbonyl (C=O) groups is 1. The van der Waals surface area contributed by atoms with Crippen LogP contribution in [0.5, 0.6) is 0 Å². The number of nitrogens with one attached hydrogen (secondary N) is 2. The Balaban J connectivity index is 0.00000120. The molecule has 4 nitrogen and oxygen atoms in total. The Labute approximate surface area is 114 Å². The molecule has 5 heteroatoms. The van der Waals surface area contributed by atoms with Crippen LogP contribution >= 0.6 is 12.4 Å². The molecule has 0 spiro atoms. The van der Waals surface area contributed by atoms with Crippen LogP contribution in [0.25, 0.3) is 0 Å². The van der Waals surface area contributed by atoms with Gasteiger partial charge in [-0.15, -0.1) is 12.4 Å². The predicted octanol–water partition coefficient (Wildman–Crippen LogP) is 0.968. The standard InChI is InChI=1S/C13H22N2O2.ClH/c16-10-3-1-2-8(6-10)15-13(17)11-7-9-4-5-12(11)14-9;/h8-12,14,16H,1-7H2,(H,15,17);1H. The average molecular weight is 275 g/mol. The highest BCUT2D eigenvalue weighted by molar-refractivity contribution is 5.85. The van der Waals surface area contributed by atoms with Crippen molar-refractivity contribution in [3.63, 3.8) is 0 Å². The van der Waals surface area contributed by atoms with Gasteiger partial charge in [-0.25, -0.2) is 0 Å². The zero-order chi connectivity index (χ0) is 11.8. The summed E-state index contributed by atoms with van der Waals surface area (Å²) in [6.07, 6.45) is 6.85. The minimum Gasteiger partial charge on any atom is -0.393 e. The van der Waals surface area contributed by atoms with Crippen LogP contribution in [0.15, 0.2) is 0 Å².